The molecule has 0 bridgehead atoms. The van der Waals surface area contributed by atoms with Crippen LogP contribution in [0.15, 0.2) is 104 Å². The lowest BCUT2D eigenvalue weighted by atomic mass is 10.2. The largest absolute Gasteiger partial charge is 0.459 e. The highest BCUT2D eigenvalue weighted by Gasteiger charge is 2.22. The lowest BCUT2D eigenvalue weighted by molar-refractivity contribution is 0.0996. The summed E-state index contributed by atoms with van der Waals surface area (Å²) < 4.78 is 30.7. The Labute approximate surface area is 197 Å². The smallest absolute Gasteiger partial charge is 0.291 e. The summed E-state index contributed by atoms with van der Waals surface area (Å²) in [6.07, 6.45) is 1.33. The van der Waals surface area contributed by atoms with Gasteiger partial charge < -0.3 is 9.73 Å². The van der Waals surface area contributed by atoms with Gasteiger partial charge >= 0.3 is 0 Å². The molecule has 4 rings (SSSR count). The van der Waals surface area contributed by atoms with Gasteiger partial charge in [0.15, 0.2) is 15.6 Å². The topological polar surface area (TPSA) is 76.4 Å². The van der Waals surface area contributed by atoms with E-state index in [9.17, 15) is 13.2 Å². The summed E-state index contributed by atoms with van der Waals surface area (Å²) in [5.41, 5.74) is 3.36. The van der Waals surface area contributed by atoms with Crippen LogP contribution in [-0.2, 0) is 15.6 Å². The molecule has 0 spiro atoms. The summed E-state index contributed by atoms with van der Waals surface area (Å²) in [4.78, 5) is 15.2. The van der Waals surface area contributed by atoms with E-state index in [1.807, 2.05) is 24.3 Å². The first-order chi connectivity index (χ1) is 15.8. The molecule has 0 aliphatic rings. The number of hydrogen-bond acceptors (Lipinski definition) is 5. The van der Waals surface area contributed by atoms with Gasteiger partial charge in [-0.2, -0.15) is 0 Å². The Hall–Kier alpha value is -3.29. The Kier molecular flexibility index (Phi) is 6.72. The maximum absolute atomic E-state index is 12.8. The van der Waals surface area contributed by atoms with Gasteiger partial charge in [0, 0.05) is 21.0 Å². The van der Waals surface area contributed by atoms with E-state index < -0.39 is 15.7 Å². The number of furan rings is 1. The van der Waals surface area contributed by atoms with E-state index in [0.717, 1.165) is 4.90 Å². The fraction of sp³-hybridized carbons (Fsp3) is 0.115. The molecule has 0 aliphatic heterocycles. The van der Waals surface area contributed by atoms with Crippen LogP contribution in [0, 0.1) is 13.8 Å². The van der Waals surface area contributed by atoms with Gasteiger partial charge in [-0.1, -0.05) is 47.7 Å². The van der Waals surface area contributed by atoms with Crippen molar-refractivity contribution in [3.05, 3.63) is 108 Å². The van der Waals surface area contributed by atoms with Gasteiger partial charge in [-0.05, 0) is 67.9 Å². The Morgan fingerprint density at radius 1 is 0.939 bits per heavy atom. The highest BCUT2D eigenvalue weighted by molar-refractivity contribution is 7.99. The van der Waals surface area contributed by atoms with Crippen molar-refractivity contribution in [3.8, 4) is 0 Å². The molecule has 0 atom stereocenters. The monoisotopic (exact) mass is 477 g/mol. The van der Waals surface area contributed by atoms with E-state index in [4.69, 9.17) is 4.42 Å². The predicted molar refractivity (Wildman–Crippen MR) is 130 cm³/mol. The molecule has 0 saturated heterocycles. The summed E-state index contributed by atoms with van der Waals surface area (Å²) in [6, 6.07) is 23.5. The molecule has 1 amide bonds. The van der Waals surface area contributed by atoms with Crippen LogP contribution in [0.4, 0.5) is 5.69 Å². The fourth-order valence-corrected chi connectivity index (χ4v) is 5.66. The molecule has 0 radical (unpaired) electrons. The number of carbonyl (C=O) groups is 1. The molecule has 5 nitrogen and oxygen atoms in total. The molecule has 0 aliphatic carbocycles. The Bertz CT molecular complexity index is 1380. The number of rotatable bonds is 7. The van der Waals surface area contributed by atoms with Crippen LogP contribution >= 0.6 is 11.8 Å². The molecule has 7 heteroatoms. The lowest BCUT2D eigenvalue weighted by Gasteiger charge is -2.09. The van der Waals surface area contributed by atoms with Crippen LogP contribution < -0.4 is 5.32 Å². The van der Waals surface area contributed by atoms with Gasteiger partial charge in [0.25, 0.3) is 5.91 Å². The van der Waals surface area contributed by atoms with E-state index in [1.165, 1.54) is 40.5 Å². The van der Waals surface area contributed by atoms with Crippen LogP contribution in [0.2, 0.25) is 0 Å². The van der Waals surface area contributed by atoms with Gasteiger partial charge in [-0.25, -0.2) is 8.42 Å². The van der Waals surface area contributed by atoms with Crippen molar-refractivity contribution in [3.63, 3.8) is 0 Å². The summed E-state index contributed by atoms with van der Waals surface area (Å²) >= 11 is 1.66. The van der Waals surface area contributed by atoms with Crippen molar-refractivity contribution < 1.29 is 17.6 Å². The average molecular weight is 478 g/mol. The van der Waals surface area contributed by atoms with Crippen molar-refractivity contribution >= 4 is 33.2 Å². The Balaban J connectivity index is 1.44. The Morgan fingerprint density at radius 3 is 2.36 bits per heavy atom. The lowest BCUT2D eigenvalue weighted by Crippen LogP contribution is -2.14. The van der Waals surface area contributed by atoms with Gasteiger partial charge in [-0.15, -0.1) is 0 Å². The second-order valence-corrected chi connectivity index (χ2v) is 10.8. The number of nitrogens with one attached hydrogen (secondary N) is 1. The van der Waals surface area contributed by atoms with E-state index >= 15 is 0 Å². The molecule has 0 saturated carbocycles. The van der Waals surface area contributed by atoms with Gasteiger partial charge in [0.05, 0.1) is 16.9 Å². The SMILES string of the molecule is Cc1ccc(Sc2ccc(NC(=O)c3occc3CS(=O)(=O)c3ccccc3)cc2)c(C)c1. The number of amides is 1. The molecule has 0 unspecified atom stereocenters. The average Bonchev–Trinajstić information content (AvgIpc) is 3.25. The first kappa shape index (κ1) is 22.9. The normalized spacial score (nSPS) is 11.3. The van der Waals surface area contributed by atoms with E-state index in [0.29, 0.717) is 11.3 Å². The molecule has 168 valence electrons. The number of carbonyl (C=O) groups excluding carboxylic acids is 1. The quantitative estimate of drug-likeness (QED) is 0.339. The fourth-order valence-electron chi connectivity index (χ4n) is 3.40. The van der Waals surface area contributed by atoms with Crippen LogP contribution in [-0.4, -0.2) is 14.3 Å². The molecule has 4 aromatic rings. The van der Waals surface area contributed by atoms with Crippen molar-refractivity contribution in [2.45, 2.75) is 34.3 Å². The molecular formula is C26H23NO4S2. The van der Waals surface area contributed by atoms with E-state index in [2.05, 4.69) is 37.4 Å². The third kappa shape index (κ3) is 5.56. The third-order valence-corrected chi connectivity index (χ3v) is 7.94. The van der Waals surface area contributed by atoms with Crippen LogP contribution in [0.5, 0.6) is 0 Å². The maximum atomic E-state index is 12.8. The first-order valence-corrected chi connectivity index (χ1v) is 12.8. The van der Waals surface area contributed by atoms with Crippen molar-refractivity contribution in [2.75, 3.05) is 5.32 Å². The van der Waals surface area contributed by atoms with Crippen molar-refractivity contribution in [1.29, 1.82) is 0 Å². The maximum Gasteiger partial charge on any atom is 0.291 e. The van der Waals surface area contributed by atoms with Gasteiger partial charge in [-0.3, -0.25) is 4.79 Å². The third-order valence-electron chi connectivity index (χ3n) is 5.07. The predicted octanol–water partition coefficient (Wildman–Crippen LogP) is 6.27. The minimum absolute atomic E-state index is 0.0109. The van der Waals surface area contributed by atoms with Crippen LogP contribution in [0.1, 0.15) is 27.2 Å². The zero-order valence-electron chi connectivity index (χ0n) is 18.2. The van der Waals surface area contributed by atoms with Gasteiger partial charge in [0.1, 0.15) is 0 Å². The summed E-state index contributed by atoms with van der Waals surface area (Å²) in [7, 11) is -3.60. The van der Waals surface area contributed by atoms with Crippen molar-refractivity contribution in [1.82, 2.24) is 0 Å². The molecule has 1 heterocycles. The number of aryl methyl sites for hydroxylation is 2. The molecule has 1 aromatic heterocycles. The summed E-state index contributed by atoms with van der Waals surface area (Å²) in [5.74, 6) is -0.821. The van der Waals surface area contributed by atoms with E-state index in [-0.39, 0.29) is 16.4 Å². The molecule has 3 aromatic carbocycles. The number of sulfone groups is 1. The number of benzene rings is 3. The standard InChI is InChI=1S/C26H23NO4S2/c1-18-8-13-24(19(2)16-18)32-22-11-9-21(10-12-22)27-26(28)25-20(14-15-31-25)17-33(29,30)23-6-4-3-5-7-23/h3-16H,17H2,1-2H3,(H,27,28). The van der Waals surface area contributed by atoms with Crippen LogP contribution in [0.25, 0.3) is 0 Å². The second-order valence-electron chi connectivity index (χ2n) is 7.70. The first-order valence-electron chi connectivity index (χ1n) is 10.3. The zero-order valence-corrected chi connectivity index (χ0v) is 19.9. The second kappa shape index (κ2) is 9.68. The minimum Gasteiger partial charge on any atom is -0.459 e. The number of anilines is 1. The summed E-state index contributed by atoms with van der Waals surface area (Å²) in [6.45, 7) is 4.16. The van der Waals surface area contributed by atoms with E-state index in [1.54, 1.807) is 30.0 Å². The van der Waals surface area contributed by atoms with Gasteiger partial charge in [0.2, 0.25) is 0 Å². The van der Waals surface area contributed by atoms with Crippen LogP contribution in [0.3, 0.4) is 0 Å². The zero-order chi connectivity index (χ0) is 23.4. The molecule has 1 N–H and O–H groups in total. The minimum atomic E-state index is -3.60. The highest BCUT2D eigenvalue weighted by Crippen LogP contribution is 2.31. The molecule has 33 heavy (non-hydrogen) atoms. The van der Waals surface area contributed by atoms with Crippen molar-refractivity contribution in [2.24, 2.45) is 0 Å². The molecular weight excluding hydrogens is 454 g/mol. The number of hydrogen-bond donors (Lipinski definition) is 1. The molecule has 0 fully saturated rings. The highest BCUT2D eigenvalue weighted by atomic mass is 32.2. The Morgan fingerprint density at radius 2 is 1.67 bits per heavy atom. The summed E-state index contributed by atoms with van der Waals surface area (Å²) in [5, 5.41) is 2.78.